The van der Waals surface area contributed by atoms with E-state index in [9.17, 15) is 36.0 Å². The molecule has 5 rings (SSSR count). The van der Waals surface area contributed by atoms with E-state index in [2.05, 4.69) is 4.98 Å². The van der Waals surface area contributed by atoms with Gasteiger partial charge in [-0.25, -0.2) is 22.5 Å². The first-order chi connectivity index (χ1) is 22.6. The second-order valence-electron chi connectivity index (χ2n) is 9.37. The van der Waals surface area contributed by atoms with Crippen LogP contribution < -0.4 is 0 Å². The highest BCUT2D eigenvalue weighted by Crippen LogP contribution is 2.57. The van der Waals surface area contributed by atoms with E-state index >= 15 is 17.6 Å². The lowest BCUT2D eigenvalue weighted by Gasteiger charge is -2.15. The molecule has 2 aromatic carbocycles. The first-order valence-electron chi connectivity index (χ1n) is 12.5. The molecule has 14 heteroatoms. The van der Waals surface area contributed by atoms with Crippen LogP contribution in [0.3, 0.4) is 0 Å². The number of aromatic nitrogens is 1. The fourth-order valence-electron chi connectivity index (χ4n) is 5.42. The average Bonchev–Trinajstić information content (AvgIpc) is 3.60. The molecule has 216 valence electrons. The minimum Gasteiger partial charge on any atom is -0.208 e. The Balaban J connectivity index is 2.05. The van der Waals surface area contributed by atoms with E-state index in [0.717, 1.165) is 12.1 Å². The molecule has 0 atom stereocenters. The molecular formula is C33H4F5N9. The fraction of sp³-hybridized carbons (Fsp3) is 0. The van der Waals surface area contributed by atoms with Crippen LogP contribution in [0.4, 0.5) is 22.0 Å². The molecule has 2 aliphatic rings. The highest BCUT2D eigenvalue weighted by Gasteiger charge is 2.45. The van der Waals surface area contributed by atoms with Crippen molar-refractivity contribution in [3.05, 3.63) is 109 Å². The number of allylic oxidation sites excluding steroid dienone is 8. The Hall–Kier alpha value is -7.88. The Labute approximate surface area is 260 Å². The number of pyridine rings is 1. The van der Waals surface area contributed by atoms with Gasteiger partial charge in [-0.2, -0.15) is 46.5 Å². The topological polar surface area (TPSA) is 203 Å². The summed E-state index contributed by atoms with van der Waals surface area (Å²) in [5.74, 6) is -7.32. The second-order valence-corrected chi connectivity index (χ2v) is 9.37. The van der Waals surface area contributed by atoms with Crippen molar-refractivity contribution in [1.82, 2.24) is 4.98 Å². The van der Waals surface area contributed by atoms with Gasteiger partial charge in [0, 0.05) is 55.7 Å². The molecular weight excluding hydrogens is 617 g/mol. The zero-order valence-electron chi connectivity index (χ0n) is 22.7. The van der Waals surface area contributed by atoms with Crippen LogP contribution in [0.15, 0.2) is 35.4 Å². The lowest BCUT2D eigenvalue weighted by atomic mass is 9.88. The summed E-state index contributed by atoms with van der Waals surface area (Å²) in [5.41, 5.74) is -13.5. The molecule has 2 aliphatic carbocycles. The van der Waals surface area contributed by atoms with Gasteiger partial charge in [0.15, 0.2) is 0 Å². The SMILES string of the molecule is N#CC(C#N)=C1C(c2cc(F)c(C#N)cc2F)=C(C#N)c2c(F)c3c(c(F)c21)C(=C(C#N)C#N)C(c1ccc(C#N)nc1F)=C3C#N. The summed E-state index contributed by atoms with van der Waals surface area (Å²) < 4.78 is 79.2. The van der Waals surface area contributed by atoms with Crippen molar-refractivity contribution in [3.63, 3.8) is 0 Å². The quantitative estimate of drug-likeness (QED) is 0.186. The van der Waals surface area contributed by atoms with E-state index in [1.807, 2.05) is 0 Å². The van der Waals surface area contributed by atoms with Crippen molar-refractivity contribution >= 4 is 33.4 Å². The minimum absolute atomic E-state index is 0.425. The fourth-order valence-corrected chi connectivity index (χ4v) is 5.42. The molecule has 1 heterocycles. The molecule has 0 saturated carbocycles. The second kappa shape index (κ2) is 11.3. The maximum Gasteiger partial charge on any atom is 0.222 e. The summed E-state index contributed by atoms with van der Waals surface area (Å²) in [7, 11) is 0. The monoisotopic (exact) mass is 621 g/mol. The highest BCUT2D eigenvalue weighted by atomic mass is 19.1. The third-order valence-corrected chi connectivity index (χ3v) is 7.23. The highest BCUT2D eigenvalue weighted by molar-refractivity contribution is 6.30. The van der Waals surface area contributed by atoms with Crippen LogP contribution in [0.2, 0.25) is 0 Å². The summed E-state index contributed by atoms with van der Waals surface area (Å²) in [6.45, 7) is 0. The van der Waals surface area contributed by atoms with E-state index in [-0.39, 0.29) is 0 Å². The van der Waals surface area contributed by atoms with Gasteiger partial charge in [0.05, 0.1) is 16.7 Å². The van der Waals surface area contributed by atoms with Gasteiger partial charge in [0.25, 0.3) is 0 Å². The number of halogens is 5. The summed E-state index contributed by atoms with van der Waals surface area (Å²) >= 11 is 0. The molecule has 1 aromatic heterocycles. The molecule has 0 fully saturated rings. The molecule has 0 aliphatic heterocycles. The van der Waals surface area contributed by atoms with Crippen molar-refractivity contribution in [2.45, 2.75) is 0 Å². The van der Waals surface area contributed by atoms with Crippen molar-refractivity contribution in [1.29, 1.82) is 42.1 Å². The zero-order chi connectivity index (χ0) is 34.3. The molecule has 0 amide bonds. The van der Waals surface area contributed by atoms with Crippen molar-refractivity contribution in [3.8, 4) is 48.6 Å². The van der Waals surface area contributed by atoms with Gasteiger partial charge in [-0.15, -0.1) is 0 Å². The van der Waals surface area contributed by atoms with E-state index in [1.54, 1.807) is 12.1 Å². The van der Waals surface area contributed by atoms with Crippen LogP contribution >= 0.6 is 0 Å². The van der Waals surface area contributed by atoms with E-state index in [0.29, 0.717) is 12.1 Å². The number of benzene rings is 2. The number of hydrogen-bond donors (Lipinski definition) is 0. The normalized spacial score (nSPS) is 12.4. The van der Waals surface area contributed by atoms with Gasteiger partial charge in [0.1, 0.15) is 88.7 Å². The van der Waals surface area contributed by atoms with Gasteiger partial charge in [-0.1, -0.05) is 0 Å². The van der Waals surface area contributed by atoms with Crippen LogP contribution in [0, 0.1) is 120 Å². The zero-order valence-corrected chi connectivity index (χ0v) is 22.7. The number of fused-ring (bicyclic) bond motifs is 2. The summed E-state index contributed by atoms with van der Waals surface area (Å²) in [5, 5.41) is 77.6. The maximum atomic E-state index is 17.0. The minimum atomic E-state index is -1.62. The smallest absolute Gasteiger partial charge is 0.208 e. The van der Waals surface area contributed by atoms with Gasteiger partial charge in [0.2, 0.25) is 5.95 Å². The van der Waals surface area contributed by atoms with Crippen molar-refractivity contribution < 1.29 is 22.0 Å². The van der Waals surface area contributed by atoms with Gasteiger partial charge in [-0.3, -0.25) is 0 Å². The number of nitrogens with zero attached hydrogens (tertiary/aromatic N) is 9. The van der Waals surface area contributed by atoms with Gasteiger partial charge >= 0.3 is 0 Å². The molecule has 0 saturated heterocycles. The number of nitriles is 8. The predicted molar refractivity (Wildman–Crippen MR) is 147 cm³/mol. The van der Waals surface area contributed by atoms with Crippen LogP contribution in [0.25, 0.3) is 33.4 Å². The summed E-state index contributed by atoms with van der Waals surface area (Å²) in [4.78, 5) is 3.41. The van der Waals surface area contributed by atoms with Crippen molar-refractivity contribution in [2.75, 3.05) is 0 Å². The summed E-state index contributed by atoms with van der Waals surface area (Å²) in [6, 6.07) is 14.7. The van der Waals surface area contributed by atoms with Gasteiger partial charge in [-0.05, 0) is 24.3 Å². The molecule has 0 N–H and O–H groups in total. The van der Waals surface area contributed by atoms with Gasteiger partial charge < -0.3 is 0 Å². The molecule has 0 spiro atoms. The molecule has 9 nitrogen and oxygen atoms in total. The van der Waals surface area contributed by atoms with E-state index < -0.39 is 118 Å². The largest absolute Gasteiger partial charge is 0.222 e. The average molecular weight is 621 g/mol. The summed E-state index contributed by atoms with van der Waals surface area (Å²) in [6.07, 6.45) is 0. The van der Waals surface area contributed by atoms with Crippen molar-refractivity contribution in [2.24, 2.45) is 0 Å². The first kappa shape index (κ1) is 30.6. The Bertz CT molecular complexity index is 2520. The first-order valence-corrected chi connectivity index (χ1v) is 12.5. The lowest BCUT2D eigenvalue weighted by Crippen LogP contribution is -2.05. The Morgan fingerprint density at radius 3 is 1.45 bits per heavy atom. The van der Waals surface area contributed by atoms with Crippen LogP contribution in [0.5, 0.6) is 0 Å². The third-order valence-electron chi connectivity index (χ3n) is 7.23. The predicted octanol–water partition coefficient (Wildman–Crippen LogP) is 6.02. The van der Waals surface area contributed by atoms with Crippen LogP contribution in [0.1, 0.15) is 44.6 Å². The van der Waals surface area contributed by atoms with E-state index in [4.69, 9.17) is 10.5 Å². The van der Waals surface area contributed by atoms with Crippen LogP contribution in [-0.4, -0.2) is 4.98 Å². The molecule has 0 radical (unpaired) electrons. The molecule has 47 heavy (non-hydrogen) atoms. The lowest BCUT2D eigenvalue weighted by molar-refractivity contribution is 0.579. The number of hydrogen-bond acceptors (Lipinski definition) is 9. The maximum absolute atomic E-state index is 17.0. The number of rotatable bonds is 2. The molecule has 0 unspecified atom stereocenters. The Morgan fingerprint density at radius 2 is 1.02 bits per heavy atom. The third kappa shape index (κ3) is 4.18. The van der Waals surface area contributed by atoms with E-state index in [1.165, 1.54) is 36.4 Å². The molecule has 3 aromatic rings. The Kier molecular flexibility index (Phi) is 7.36. The Morgan fingerprint density at radius 1 is 0.532 bits per heavy atom. The molecule has 0 bridgehead atoms. The van der Waals surface area contributed by atoms with Crippen LogP contribution in [-0.2, 0) is 0 Å². The standard InChI is InChI=1S/C33H4F5N9/c34-21-4-18(22(35)3-13(21)5-39)26-20(12-46)28-30(24(26)15(8-42)9-43)32(37)29-23(14(6-40)7-41)25(19(11-45)27(29)31(28)36)17-2-1-16(10-44)47-33(17)38/h1-4H.